The van der Waals surface area contributed by atoms with Crippen molar-refractivity contribution < 1.29 is 4.79 Å². The van der Waals surface area contributed by atoms with E-state index in [1.165, 1.54) is 5.56 Å². The second kappa shape index (κ2) is 7.68. The van der Waals surface area contributed by atoms with Gasteiger partial charge in [-0.1, -0.05) is 47.5 Å². The number of fused-ring (bicyclic) bond motifs is 1. The number of halogens is 1. The molecule has 4 aromatic rings. The number of carbonyl (C=O) groups is 1. The number of hydrogen-bond acceptors (Lipinski definition) is 3. The predicted octanol–water partition coefficient (Wildman–Crippen LogP) is 5.32. The van der Waals surface area contributed by atoms with Crippen LogP contribution < -0.4 is 5.32 Å². The van der Waals surface area contributed by atoms with Crippen LogP contribution in [-0.2, 0) is 11.3 Å². The minimum atomic E-state index is -0.183. The molecular formula is C23H21ClN4O. The predicted molar refractivity (Wildman–Crippen MR) is 117 cm³/mol. The summed E-state index contributed by atoms with van der Waals surface area (Å²) in [5.41, 5.74) is 6.52. The number of nitrogens with zero attached hydrogens (tertiary/aromatic N) is 3. The van der Waals surface area contributed by atoms with Gasteiger partial charge in [0.25, 0.3) is 0 Å². The first-order chi connectivity index (χ1) is 13.9. The van der Waals surface area contributed by atoms with Gasteiger partial charge < -0.3 is 5.32 Å². The summed E-state index contributed by atoms with van der Waals surface area (Å²) in [6, 6.07) is 15.8. The Morgan fingerprint density at radius 3 is 2.69 bits per heavy atom. The van der Waals surface area contributed by atoms with Crippen LogP contribution in [0.5, 0.6) is 0 Å². The largest absolute Gasteiger partial charge is 0.324 e. The molecule has 2 aromatic carbocycles. The van der Waals surface area contributed by atoms with Gasteiger partial charge in [-0.2, -0.15) is 5.10 Å². The fourth-order valence-electron chi connectivity index (χ4n) is 3.45. The number of pyridine rings is 1. The quantitative estimate of drug-likeness (QED) is 0.501. The summed E-state index contributed by atoms with van der Waals surface area (Å²) in [4.78, 5) is 17.1. The van der Waals surface area contributed by atoms with Crippen LogP contribution >= 0.6 is 11.6 Å². The molecule has 146 valence electrons. The van der Waals surface area contributed by atoms with E-state index < -0.39 is 0 Å². The van der Waals surface area contributed by atoms with Crippen LogP contribution in [0.4, 0.5) is 5.69 Å². The van der Waals surface area contributed by atoms with Crippen molar-refractivity contribution in [3.05, 3.63) is 76.6 Å². The van der Waals surface area contributed by atoms with Crippen LogP contribution in [0.25, 0.3) is 22.2 Å². The van der Waals surface area contributed by atoms with E-state index in [1.54, 1.807) is 16.9 Å². The topological polar surface area (TPSA) is 59.8 Å². The van der Waals surface area contributed by atoms with E-state index in [4.69, 9.17) is 11.6 Å². The Morgan fingerprint density at radius 1 is 1.10 bits per heavy atom. The number of amides is 1. The van der Waals surface area contributed by atoms with E-state index in [0.717, 1.165) is 27.8 Å². The Bertz CT molecular complexity index is 1230. The number of rotatable bonds is 4. The molecule has 0 spiro atoms. The summed E-state index contributed by atoms with van der Waals surface area (Å²) in [7, 11) is 0. The van der Waals surface area contributed by atoms with Crippen LogP contribution in [0.2, 0.25) is 5.02 Å². The molecule has 0 bridgehead atoms. The van der Waals surface area contributed by atoms with E-state index >= 15 is 0 Å². The Balaban J connectivity index is 1.66. The third kappa shape index (κ3) is 3.87. The second-order valence-corrected chi connectivity index (χ2v) is 7.59. The summed E-state index contributed by atoms with van der Waals surface area (Å²) >= 11 is 6.15. The number of aryl methyl sites for hydroxylation is 3. The number of benzene rings is 2. The molecule has 0 fully saturated rings. The van der Waals surface area contributed by atoms with Gasteiger partial charge in [-0.3, -0.25) is 4.79 Å². The zero-order valence-electron chi connectivity index (χ0n) is 16.5. The summed E-state index contributed by atoms with van der Waals surface area (Å²) in [6.07, 6.45) is 1.76. The molecule has 0 unspecified atom stereocenters. The van der Waals surface area contributed by atoms with Crippen LogP contribution in [0.3, 0.4) is 0 Å². The Kier molecular flexibility index (Phi) is 5.07. The maximum Gasteiger partial charge on any atom is 0.246 e. The number of carbonyl (C=O) groups excluding carboxylic acids is 1. The molecule has 5 nitrogen and oxygen atoms in total. The van der Waals surface area contributed by atoms with Crippen LogP contribution in [0, 0.1) is 20.8 Å². The van der Waals surface area contributed by atoms with E-state index in [9.17, 15) is 4.79 Å². The van der Waals surface area contributed by atoms with Crippen molar-refractivity contribution in [2.75, 3.05) is 5.32 Å². The van der Waals surface area contributed by atoms with E-state index in [0.29, 0.717) is 16.4 Å². The molecule has 1 amide bonds. The molecular weight excluding hydrogens is 384 g/mol. The molecule has 0 radical (unpaired) electrons. The summed E-state index contributed by atoms with van der Waals surface area (Å²) in [5.74, 6) is -0.183. The fourth-order valence-corrected chi connectivity index (χ4v) is 3.63. The first-order valence-corrected chi connectivity index (χ1v) is 9.75. The van der Waals surface area contributed by atoms with Crippen molar-refractivity contribution in [3.8, 4) is 11.1 Å². The molecule has 1 N–H and O–H groups in total. The zero-order chi connectivity index (χ0) is 20.5. The van der Waals surface area contributed by atoms with Crippen molar-refractivity contribution in [2.24, 2.45) is 0 Å². The Hall–Kier alpha value is -3.18. The van der Waals surface area contributed by atoms with Crippen molar-refractivity contribution >= 4 is 34.2 Å². The summed E-state index contributed by atoms with van der Waals surface area (Å²) in [5, 5.41) is 9.03. The summed E-state index contributed by atoms with van der Waals surface area (Å²) < 4.78 is 1.65. The SMILES string of the molecule is Cc1cccc(-c2ccnc3c2c(C)nn3CC(=O)Nc2ccc(C)c(Cl)c2)c1. The maximum atomic E-state index is 12.6. The van der Waals surface area contributed by atoms with E-state index in [1.807, 2.05) is 38.1 Å². The van der Waals surface area contributed by atoms with Gasteiger partial charge in [0.15, 0.2) is 5.65 Å². The van der Waals surface area contributed by atoms with Gasteiger partial charge in [0.05, 0.1) is 5.69 Å². The number of anilines is 1. The van der Waals surface area contributed by atoms with Gasteiger partial charge in [-0.05, 0) is 55.7 Å². The van der Waals surface area contributed by atoms with Gasteiger partial charge in [0.1, 0.15) is 6.54 Å². The molecule has 0 atom stereocenters. The Labute approximate surface area is 174 Å². The van der Waals surface area contributed by atoms with Gasteiger partial charge in [0.2, 0.25) is 5.91 Å². The molecule has 29 heavy (non-hydrogen) atoms. The van der Waals surface area contributed by atoms with Crippen molar-refractivity contribution in [2.45, 2.75) is 27.3 Å². The lowest BCUT2D eigenvalue weighted by atomic mass is 10.0. The van der Waals surface area contributed by atoms with Gasteiger partial charge >= 0.3 is 0 Å². The maximum absolute atomic E-state index is 12.6. The highest BCUT2D eigenvalue weighted by molar-refractivity contribution is 6.31. The standard InChI is InChI=1S/C23H21ClN4O/c1-14-5-4-6-17(11-14)19-9-10-25-23-22(19)16(3)27-28(23)13-21(29)26-18-8-7-15(2)20(24)12-18/h4-12H,13H2,1-3H3,(H,26,29). The number of hydrogen-bond donors (Lipinski definition) is 1. The number of nitrogens with one attached hydrogen (secondary N) is 1. The van der Waals surface area contributed by atoms with Gasteiger partial charge in [0, 0.05) is 22.3 Å². The van der Waals surface area contributed by atoms with Gasteiger partial charge in [-0.15, -0.1) is 0 Å². The third-order valence-electron chi connectivity index (χ3n) is 4.89. The molecule has 0 aliphatic heterocycles. The van der Waals surface area contributed by atoms with Crippen LogP contribution in [0.1, 0.15) is 16.8 Å². The van der Waals surface area contributed by atoms with E-state index in [-0.39, 0.29) is 12.5 Å². The van der Waals surface area contributed by atoms with Crippen molar-refractivity contribution in [1.82, 2.24) is 14.8 Å². The van der Waals surface area contributed by atoms with E-state index in [2.05, 4.69) is 40.5 Å². The molecule has 0 aliphatic rings. The fraction of sp³-hybridized carbons (Fsp3) is 0.174. The monoisotopic (exact) mass is 404 g/mol. The normalized spacial score (nSPS) is 11.0. The Morgan fingerprint density at radius 2 is 1.93 bits per heavy atom. The lowest BCUT2D eigenvalue weighted by molar-refractivity contribution is -0.116. The highest BCUT2D eigenvalue weighted by Crippen LogP contribution is 2.30. The average molecular weight is 405 g/mol. The molecule has 0 saturated heterocycles. The smallest absolute Gasteiger partial charge is 0.246 e. The first kappa shape index (κ1) is 19.2. The third-order valence-corrected chi connectivity index (χ3v) is 5.29. The number of aromatic nitrogens is 3. The lowest BCUT2D eigenvalue weighted by Gasteiger charge is -2.08. The molecule has 6 heteroatoms. The van der Waals surface area contributed by atoms with Crippen LogP contribution in [0.15, 0.2) is 54.7 Å². The molecule has 0 saturated carbocycles. The van der Waals surface area contributed by atoms with Gasteiger partial charge in [-0.25, -0.2) is 9.67 Å². The minimum Gasteiger partial charge on any atom is -0.324 e. The molecule has 2 heterocycles. The molecule has 0 aliphatic carbocycles. The first-order valence-electron chi connectivity index (χ1n) is 9.37. The zero-order valence-corrected chi connectivity index (χ0v) is 17.3. The second-order valence-electron chi connectivity index (χ2n) is 7.18. The highest BCUT2D eigenvalue weighted by Gasteiger charge is 2.16. The van der Waals surface area contributed by atoms with Crippen molar-refractivity contribution in [3.63, 3.8) is 0 Å². The highest BCUT2D eigenvalue weighted by atomic mass is 35.5. The lowest BCUT2D eigenvalue weighted by Crippen LogP contribution is -2.19. The molecule has 2 aromatic heterocycles. The van der Waals surface area contributed by atoms with Crippen molar-refractivity contribution in [1.29, 1.82) is 0 Å². The molecule has 4 rings (SSSR count). The summed E-state index contributed by atoms with van der Waals surface area (Å²) in [6.45, 7) is 6.00. The minimum absolute atomic E-state index is 0.0695. The van der Waals surface area contributed by atoms with Crippen LogP contribution in [-0.4, -0.2) is 20.7 Å². The average Bonchev–Trinajstić information content (AvgIpc) is 3.00.